The van der Waals surface area contributed by atoms with Crippen LogP contribution < -0.4 is 10.6 Å². The summed E-state index contributed by atoms with van der Waals surface area (Å²) in [5.74, 6) is -0.742. The molecule has 0 spiro atoms. The van der Waals surface area contributed by atoms with E-state index in [1.165, 1.54) is 12.1 Å². The van der Waals surface area contributed by atoms with Crippen molar-refractivity contribution in [3.05, 3.63) is 59.9 Å². The molecule has 0 fully saturated rings. The van der Waals surface area contributed by atoms with Crippen molar-refractivity contribution in [1.29, 1.82) is 0 Å². The second-order valence-corrected chi connectivity index (χ2v) is 6.66. The Kier molecular flexibility index (Phi) is 5.15. The molecule has 1 heterocycles. The van der Waals surface area contributed by atoms with Gasteiger partial charge in [0.05, 0.1) is 5.92 Å². The fraction of sp³-hybridized carbons (Fsp3) is 0.222. The number of hydrogen-bond donors (Lipinski definition) is 2. The van der Waals surface area contributed by atoms with Crippen LogP contribution in [0.5, 0.6) is 0 Å². The quantitative estimate of drug-likeness (QED) is 0.647. The smallest absolute Gasteiger partial charge is 0.228 e. The zero-order valence-corrected chi connectivity index (χ0v) is 13.7. The van der Waals surface area contributed by atoms with Gasteiger partial charge in [-0.05, 0) is 29.8 Å². The normalized spacial score (nSPS) is 16.2. The van der Waals surface area contributed by atoms with E-state index in [9.17, 15) is 14.0 Å². The van der Waals surface area contributed by atoms with Crippen LogP contribution in [0.25, 0.3) is 0 Å². The van der Waals surface area contributed by atoms with Gasteiger partial charge in [0.15, 0.2) is 0 Å². The number of hydrogen-bond acceptors (Lipinski definition) is 3. The van der Waals surface area contributed by atoms with Gasteiger partial charge in [-0.1, -0.05) is 24.3 Å². The number of fused-ring (bicyclic) bond motifs is 1. The van der Waals surface area contributed by atoms with Crippen molar-refractivity contribution < 1.29 is 14.0 Å². The number of thioether (sulfide) groups is 1. The van der Waals surface area contributed by atoms with Crippen molar-refractivity contribution in [2.45, 2.75) is 17.2 Å². The highest BCUT2D eigenvalue weighted by Crippen LogP contribution is 2.32. The van der Waals surface area contributed by atoms with E-state index in [0.717, 1.165) is 10.6 Å². The zero-order valence-electron chi connectivity index (χ0n) is 12.9. The second-order valence-electron chi connectivity index (χ2n) is 5.49. The van der Waals surface area contributed by atoms with Crippen LogP contribution in [0, 0.1) is 5.82 Å². The molecular weight excluding hydrogens is 327 g/mol. The molecule has 6 heteroatoms. The molecule has 0 aliphatic carbocycles. The molecule has 0 bridgehead atoms. The predicted octanol–water partition coefficient (Wildman–Crippen LogP) is 3.16. The molecule has 2 N–H and O–H groups in total. The third kappa shape index (κ3) is 3.94. The van der Waals surface area contributed by atoms with Gasteiger partial charge in [0.25, 0.3) is 0 Å². The topological polar surface area (TPSA) is 58.2 Å². The van der Waals surface area contributed by atoms with Crippen molar-refractivity contribution >= 4 is 29.3 Å². The Hall–Kier alpha value is -2.34. The summed E-state index contributed by atoms with van der Waals surface area (Å²) in [6.45, 7) is 0.507. The van der Waals surface area contributed by atoms with Gasteiger partial charge in [0, 0.05) is 29.3 Å². The van der Waals surface area contributed by atoms with Crippen LogP contribution in [0.3, 0.4) is 0 Å². The number of carbonyl (C=O) groups is 2. The van der Waals surface area contributed by atoms with E-state index in [1.807, 2.05) is 30.3 Å². The molecule has 2 amide bonds. The van der Waals surface area contributed by atoms with E-state index in [1.54, 1.807) is 17.8 Å². The van der Waals surface area contributed by atoms with Gasteiger partial charge in [-0.25, -0.2) is 4.39 Å². The Morgan fingerprint density at radius 3 is 2.83 bits per heavy atom. The van der Waals surface area contributed by atoms with Crippen molar-refractivity contribution in [2.75, 3.05) is 17.6 Å². The lowest BCUT2D eigenvalue weighted by Gasteiger charge is -2.24. The molecule has 2 aromatic carbocycles. The molecule has 2 aromatic rings. The molecule has 1 aliphatic heterocycles. The minimum Gasteiger partial charge on any atom is -0.355 e. The van der Waals surface area contributed by atoms with Gasteiger partial charge < -0.3 is 10.6 Å². The van der Waals surface area contributed by atoms with E-state index in [4.69, 9.17) is 0 Å². The fourth-order valence-electron chi connectivity index (χ4n) is 2.65. The lowest BCUT2D eigenvalue weighted by molar-refractivity contribution is -0.126. The Bertz CT molecular complexity index is 752. The van der Waals surface area contributed by atoms with Gasteiger partial charge in [-0.15, -0.1) is 11.8 Å². The van der Waals surface area contributed by atoms with E-state index in [-0.39, 0.29) is 18.2 Å². The first-order valence-corrected chi connectivity index (χ1v) is 8.67. The standard InChI is InChI=1S/C18H17FN2O2S/c19-12-6-7-14-15(11-17(22)21-16(14)10-12)18(23)20-8-9-24-13-4-2-1-3-5-13/h1-7,10,15H,8-9,11H2,(H,20,23)(H,21,22). The number of amides is 2. The highest BCUT2D eigenvalue weighted by atomic mass is 32.2. The number of carbonyl (C=O) groups excluding carboxylic acids is 2. The Balaban J connectivity index is 1.58. The molecule has 3 rings (SSSR count). The predicted molar refractivity (Wildman–Crippen MR) is 92.6 cm³/mol. The SMILES string of the molecule is O=C1CC(C(=O)NCCSc2ccccc2)c2ccc(F)cc2N1. The minimum atomic E-state index is -0.573. The van der Waals surface area contributed by atoms with Crippen molar-refractivity contribution in [3.8, 4) is 0 Å². The number of anilines is 1. The Morgan fingerprint density at radius 1 is 1.25 bits per heavy atom. The summed E-state index contributed by atoms with van der Waals surface area (Å²) < 4.78 is 13.3. The molecule has 0 saturated heterocycles. The molecule has 0 aromatic heterocycles. The maximum Gasteiger partial charge on any atom is 0.228 e. The summed E-state index contributed by atoms with van der Waals surface area (Å²) in [4.78, 5) is 25.3. The summed E-state index contributed by atoms with van der Waals surface area (Å²) in [5, 5.41) is 5.48. The number of nitrogens with one attached hydrogen (secondary N) is 2. The Morgan fingerprint density at radius 2 is 2.04 bits per heavy atom. The molecule has 1 atom stereocenters. The minimum absolute atomic E-state index is 0.0797. The molecular formula is C18H17FN2O2S. The van der Waals surface area contributed by atoms with Crippen molar-refractivity contribution in [2.24, 2.45) is 0 Å². The maximum absolute atomic E-state index is 13.3. The van der Waals surface area contributed by atoms with Gasteiger partial charge in [-0.3, -0.25) is 9.59 Å². The van der Waals surface area contributed by atoms with Crippen LogP contribution in [0.15, 0.2) is 53.4 Å². The van der Waals surface area contributed by atoms with E-state index >= 15 is 0 Å². The van der Waals surface area contributed by atoms with Crippen LogP contribution in [0.1, 0.15) is 17.9 Å². The summed E-state index contributed by atoms with van der Waals surface area (Å²) in [6, 6.07) is 14.0. The summed E-state index contributed by atoms with van der Waals surface area (Å²) >= 11 is 1.65. The lowest BCUT2D eigenvalue weighted by atomic mass is 9.90. The summed E-state index contributed by atoms with van der Waals surface area (Å²) in [7, 11) is 0. The lowest BCUT2D eigenvalue weighted by Crippen LogP contribution is -2.36. The van der Waals surface area contributed by atoms with Gasteiger partial charge in [-0.2, -0.15) is 0 Å². The number of halogens is 1. The van der Waals surface area contributed by atoms with Crippen LogP contribution in [-0.4, -0.2) is 24.1 Å². The Labute approximate surface area is 143 Å². The third-order valence-corrected chi connectivity index (χ3v) is 4.80. The highest BCUT2D eigenvalue weighted by Gasteiger charge is 2.30. The largest absolute Gasteiger partial charge is 0.355 e. The van der Waals surface area contributed by atoms with Crippen LogP contribution >= 0.6 is 11.8 Å². The average molecular weight is 344 g/mol. The molecule has 0 radical (unpaired) electrons. The molecule has 0 saturated carbocycles. The summed E-state index contributed by atoms with van der Waals surface area (Å²) in [5.41, 5.74) is 1.04. The zero-order chi connectivity index (χ0) is 16.9. The van der Waals surface area contributed by atoms with Gasteiger partial charge >= 0.3 is 0 Å². The second kappa shape index (κ2) is 7.49. The first-order valence-electron chi connectivity index (χ1n) is 7.68. The maximum atomic E-state index is 13.3. The van der Waals surface area contributed by atoms with Gasteiger partial charge in [0.1, 0.15) is 5.82 Å². The monoisotopic (exact) mass is 344 g/mol. The third-order valence-electron chi connectivity index (χ3n) is 3.78. The molecule has 4 nitrogen and oxygen atoms in total. The van der Waals surface area contributed by atoms with Crippen LogP contribution in [-0.2, 0) is 9.59 Å². The highest BCUT2D eigenvalue weighted by molar-refractivity contribution is 7.99. The van der Waals surface area contributed by atoms with Gasteiger partial charge in [0.2, 0.25) is 11.8 Å². The van der Waals surface area contributed by atoms with E-state index < -0.39 is 11.7 Å². The number of benzene rings is 2. The fourth-order valence-corrected chi connectivity index (χ4v) is 3.44. The van der Waals surface area contributed by atoms with E-state index in [2.05, 4.69) is 10.6 Å². The number of rotatable bonds is 5. The van der Waals surface area contributed by atoms with E-state index in [0.29, 0.717) is 17.8 Å². The summed E-state index contributed by atoms with van der Waals surface area (Å²) in [6.07, 6.45) is 0.0797. The molecule has 1 unspecified atom stereocenters. The van der Waals surface area contributed by atoms with Crippen LogP contribution in [0.2, 0.25) is 0 Å². The van der Waals surface area contributed by atoms with Crippen molar-refractivity contribution in [3.63, 3.8) is 0 Å². The average Bonchev–Trinajstić information content (AvgIpc) is 2.58. The first-order chi connectivity index (χ1) is 11.6. The molecule has 124 valence electrons. The van der Waals surface area contributed by atoms with Crippen molar-refractivity contribution in [1.82, 2.24) is 5.32 Å². The molecule has 1 aliphatic rings. The van der Waals surface area contributed by atoms with Crippen LogP contribution in [0.4, 0.5) is 10.1 Å². The first kappa shape index (κ1) is 16.5. The molecule has 24 heavy (non-hydrogen) atoms.